The standard InChI is InChI=1S/C14H13F3N2O2S.C3H4BrNO/c1-18-22(20,21)13-7-5-11(6-8-13)19-12-4-2-3-10(9-12)14(15,16)17;4-3-1-2-6-5-3/h2-9,18-19H,1H3;1-2H2. The summed E-state index contributed by atoms with van der Waals surface area (Å²) in [6.45, 7) is 0.737. The topological polar surface area (TPSA) is 79.8 Å². The molecule has 2 aromatic rings. The zero-order valence-corrected chi connectivity index (χ0v) is 17.0. The lowest BCUT2D eigenvalue weighted by molar-refractivity contribution is -0.137. The Morgan fingerprint density at radius 1 is 1.11 bits per heavy atom. The highest BCUT2D eigenvalue weighted by atomic mass is 79.9. The molecule has 0 saturated heterocycles. The van der Waals surface area contributed by atoms with Gasteiger partial charge in [-0.25, -0.2) is 13.1 Å². The van der Waals surface area contributed by atoms with Crippen LogP contribution in [0.5, 0.6) is 0 Å². The summed E-state index contributed by atoms with van der Waals surface area (Å²) in [5.74, 6) is 0. The summed E-state index contributed by atoms with van der Waals surface area (Å²) in [6, 6.07) is 10.4. The highest BCUT2D eigenvalue weighted by Crippen LogP contribution is 2.31. The Balaban J connectivity index is 0.000000397. The van der Waals surface area contributed by atoms with Gasteiger partial charge in [-0.2, -0.15) is 13.2 Å². The summed E-state index contributed by atoms with van der Waals surface area (Å²) in [5.41, 5.74) is -0.0136. The number of halogens is 4. The molecule has 0 unspecified atom stereocenters. The van der Waals surface area contributed by atoms with Gasteiger partial charge in [0.25, 0.3) is 0 Å². The molecule has 6 nitrogen and oxygen atoms in total. The van der Waals surface area contributed by atoms with Gasteiger partial charge in [-0.1, -0.05) is 11.2 Å². The summed E-state index contributed by atoms with van der Waals surface area (Å²) in [5, 5.41) is 6.37. The molecule has 0 amide bonds. The van der Waals surface area contributed by atoms with Crippen LogP contribution < -0.4 is 10.0 Å². The van der Waals surface area contributed by atoms with Crippen LogP contribution in [0.15, 0.2) is 58.6 Å². The lowest BCUT2D eigenvalue weighted by Crippen LogP contribution is -2.18. The number of oxime groups is 1. The molecule has 0 spiro atoms. The molecule has 1 heterocycles. The Morgan fingerprint density at radius 3 is 2.25 bits per heavy atom. The van der Waals surface area contributed by atoms with E-state index in [0.29, 0.717) is 5.69 Å². The van der Waals surface area contributed by atoms with Crippen molar-refractivity contribution in [1.82, 2.24) is 4.72 Å². The molecule has 0 aliphatic carbocycles. The van der Waals surface area contributed by atoms with Crippen molar-refractivity contribution in [2.45, 2.75) is 17.5 Å². The Hall–Kier alpha value is -2.11. The molecule has 0 bridgehead atoms. The molecular formula is C17H17BrF3N3O3S. The first kappa shape index (κ1) is 22.2. The molecule has 152 valence electrons. The number of hydrogen-bond donors (Lipinski definition) is 2. The van der Waals surface area contributed by atoms with Gasteiger partial charge in [-0.3, -0.25) is 0 Å². The van der Waals surface area contributed by atoms with E-state index in [0.717, 1.165) is 29.8 Å². The van der Waals surface area contributed by atoms with Crippen LogP contribution in [-0.2, 0) is 21.0 Å². The number of hydrogen-bond acceptors (Lipinski definition) is 5. The van der Waals surface area contributed by atoms with Crippen molar-refractivity contribution in [3.63, 3.8) is 0 Å². The maximum Gasteiger partial charge on any atom is 0.416 e. The molecule has 0 radical (unpaired) electrons. The van der Waals surface area contributed by atoms with E-state index in [1.54, 1.807) is 0 Å². The van der Waals surface area contributed by atoms with Gasteiger partial charge in [0, 0.05) is 17.8 Å². The molecule has 28 heavy (non-hydrogen) atoms. The highest BCUT2D eigenvalue weighted by molar-refractivity contribution is 9.18. The second-order valence-corrected chi connectivity index (χ2v) is 8.29. The van der Waals surface area contributed by atoms with E-state index in [4.69, 9.17) is 0 Å². The first-order chi connectivity index (χ1) is 13.1. The average Bonchev–Trinajstić information content (AvgIpc) is 3.13. The minimum atomic E-state index is -4.41. The van der Waals surface area contributed by atoms with E-state index in [1.807, 2.05) is 0 Å². The van der Waals surface area contributed by atoms with E-state index >= 15 is 0 Å². The normalized spacial score (nSPS) is 13.8. The molecule has 1 aliphatic rings. The molecule has 0 saturated carbocycles. The van der Waals surface area contributed by atoms with Gasteiger partial charge in [-0.05, 0) is 65.4 Å². The predicted molar refractivity (Wildman–Crippen MR) is 104 cm³/mol. The average molecular weight is 480 g/mol. The van der Waals surface area contributed by atoms with Gasteiger partial charge in [0.2, 0.25) is 10.0 Å². The predicted octanol–water partition coefficient (Wildman–Crippen LogP) is 4.47. The van der Waals surface area contributed by atoms with Crippen molar-refractivity contribution in [2.75, 3.05) is 19.0 Å². The summed E-state index contributed by atoms with van der Waals surface area (Å²) < 4.78 is 64.1. The zero-order valence-electron chi connectivity index (χ0n) is 14.6. The number of anilines is 2. The van der Waals surface area contributed by atoms with Crippen molar-refractivity contribution >= 4 is 41.9 Å². The van der Waals surface area contributed by atoms with Crippen LogP contribution in [0.25, 0.3) is 0 Å². The van der Waals surface area contributed by atoms with Crippen LogP contribution in [0.2, 0.25) is 0 Å². The van der Waals surface area contributed by atoms with Crippen molar-refractivity contribution in [2.24, 2.45) is 5.16 Å². The van der Waals surface area contributed by atoms with Crippen LogP contribution in [0.3, 0.4) is 0 Å². The molecule has 0 aromatic heterocycles. The van der Waals surface area contributed by atoms with Crippen LogP contribution in [0.4, 0.5) is 24.5 Å². The quantitative estimate of drug-likeness (QED) is 0.677. The molecular weight excluding hydrogens is 463 g/mol. The van der Waals surface area contributed by atoms with Crippen LogP contribution in [-0.4, -0.2) is 26.7 Å². The van der Waals surface area contributed by atoms with Crippen molar-refractivity contribution in [3.05, 3.63) is 54.1 Å². The molecule has 0 atom stereocenters. The van der Waals surface area contributed by atoms with Gasteiger partial charge in [0.05, 0.1) is 10.5 Å². The van der Waals surface area contributed by atoms with E-state index in [2.05, 4.69) is 36.0 Å². The first-order valence-corrected chi connectivity index (χ1v) is 10.2. The van der Waals surface area contributed by atoms with Crippen molar-refractivity contribution in [3.8, 4) is 0 Å². The molecule has 3 rings (SSSR count). The minimum absolute atomic E-state index is 0.0737. The summed E-state index contributed by atoms with van der Waals surface area (Å²) in [6.07, 6.45) is -3.48. The van der Waals surface area contributed by atoms with E-state index in [9.17, 15) is 21.6 Å². The zero-order chi connectivity index (χ0) is 20.8. The number of sulfonamides is 1. The third kappa shape index (κ3) is 6.50. The Morgan fingerprint density at radius 2 is 1.79 bits per heavy atom. The van der Waals surface area contributed by atoms with Crippen molar-refractivity contribution in [1.29, 1.82) is 0 Å². The first-order valence-electron chi connectivity index (χ1n) is 7.94. The third-order valence-electron chi connectivity index (χ3n) is 3.48. The fraction of sp³-hybridized carbons (Fsp3) is 0.235. The second-order valence-electron chi connectivity index (χ2n) is 5.49. The highest BCUT2D eigenvalue weighted by Gasteiger charge is 2.30. The summed E-state index contributed by atoms with van der Waals surface area (Å²) in [4.78, 5) is 4.67. The van der Waals surface area contributed by atoms with E-state index in [-0.39, 0.29) is 10.6 Å². The maximum atomic E-state index is 12.6. The Labute approximate surface area is 169 Å². The van der Waals surface area contributed by atoms with Gasteiger partial charge >= 0.3 is 6.18 Å². The largest absolute Gasteiger partial charge is 0.416 e. The number of benzene rings is 2. The molecule has 2 aromatic carbocycles. The lowest BCUT2D eigenvalue weighted by Gasteiger charge is -2.11. The smallest absolute Gasteiger partial charge is 0.395 e. The number of nitrogens with one attached hydrogen (secondary N) is 2. The lowest BCUT2D eigenvalue weighted by atomic mass is 10.2. The van der Waals surface area contributed by atoms with E-state index < -0.39 is 21.8 Å². The van der Waals surface area contributed by atoms with Crippen LogP contribution >= 0.6 is 15.9 Å². The number of alkyl halides is 3. The maximum absolute atomic E-state index is 12.6. The fourth-order valence-electron chi connectivity index (χ4n) is 2.07. The molecule has 11 heteroatoms. The van der Waals surface area contributed by atoms with Gasteiger partial charge < -0.3 is 10.2 Å². The molecule has 1 aliphatic heterocycles. The Bertz CT molecular complexity index is 933. The van der Waals surface area contributed by atoms with Gasteiger partial charge in [0.15, 0.2) is 0 Å². The monoisotopic (exact) mass is 479 g/mol. The SMILES string of the molecule is BrC1=NOCC1.CNS(=O)(=O)c1ccc(Nc2cccc(C(F)(F)F)c2)cc1. The van der Waals surface area contributed by atoms with Crippen molar-refractivity contribution < 1.29 is 26.4 Å². The van der Waals surface area contributed by atoms with Crippen LogP contribution in [0, 0.1) is 0 Å². The summed E-state index contributed by atoms with van der Waals surface area (Å²) in [7, 11) is -2.24. The molecule has 2 N–H and O–H groups in total. The summed E-state index contributed by atoms with van der Waals surface area (Å²) >= 11 is 3.16. The van der Waals surface area contributed by atoms with Gasteiger partial charge in [-0.15, -0.1) is 0 Å². The number of nitrogens with zero attached hydrogens (tertiary/aromatic N) is 1. The number of rotatable bonds is 4. The van der Waals surface area contributed by atoms with Gasteiger partial charge in [0.1, 0.15) is 11.2 Å². The van der Waals surface area contributed by atoms with E-state index in [1.165, 1.54) is 43.4 Å². The fourth-order valence-corrected chi connectivity index (χ4v) is 3.06. The third-order valence-corrected chi connectivity index (χ3v) is 5.45. The minimum Gasteiger partial charge on any atom is -0.395 e. The second kappa shape index (κ2) is 9.39. The Kier molecular flexibility index (Phi) is 7.44. The molecule has 0 fully saturated rings. The van der Waals surface area contributed by atoms with Crippen LogP contribution in [0.1, 0.15) is 12.0 Å².